The first-order valence-electron chi connectivity index (χ1n) is 7.96. The number of aryl methyl sites for hydroxylation is 1. The normalized spacial score (nSPS) is 10.5. The number of para-hydroxylation sites is 1. The van der Waals surface area contributed by atoms with Crippen LogP contribution in [0.2, 0.25) is 0 Å². The number of hydrogen-bond donors (Lipinski definition) is 2. The summed E-state index contributed by atoms with van der Waals surface area (Å²) in [5.74, 6) is -0.952. The van der Waals surface area contributed by atoms with Gasteiger partial charge in [0.05, 0.1) is 17.9 Å². The zero-order valence-electron chi connectivity index (χ0n) is 14.2. The molecule has 7 nitrogen and oxygen atoms in total. The van der Waals surface area contributed by atoms with Crippen LogP contribution >= 0.6 is 15.9 Å². The minimum atomic E-state index is -0.582. The van der Waals surface area contributed by atoms with Gasteiger partial charge in [0.15, 0.2) is 0 Å². The highest BCUT2D eigenvalue weighted by molar-refractivity contribution is 9.10. The van der Waals surface area contributed by atoms with Crippen LogP contribution in [0.4, 0.5) is 10.1 Å². The molecule has 9 heteroatoms. The van der Waals surface area contributed by atoms with Gasteiger partial charge in [-0.2, -0.15) is 0 Å². The average Bonchev–Trinajstić information content (AvgIpc) is 3.04. The van der Waals surface area contributed by atoms with Gasteiger partial charge in [-0.05, 0) is 59.3 Å². The molecule has 27 heavy (non-hydrogen) atoms. The van der Waals surface area contributed by atoms with Gasteiger partial charge in [0.25, 0.3) is 5.91 Å². The fourth-order valence-corrected chi connectivity index (χ4v) is 2.69. The van der Waals surface area contributed by atoms with E-state index in [2.05, 4.69) is 36.6 Å². The first kappa shape index (κ1) is 18.7. The van der Waals surface area contributed by atoms with E-state index in [-0.39, 0.29) is 24.1 Å². The lowest BCUT2D eigenvalue weighted by atomic mass is 10.3. The molecular weight excluding hydrogens is 417 g/mol. The highest BCUT2D eigenvalue weighted by atomic mass is 79.9. The summed E-state index contributed by atoms with van der Waals surface area (Å²) in [6.45, 7) is 1.44. The summed E-state index contributed by atoms with van der Waals surface area (Å²) in [7, 11) is 0. The monoisotopic (exact) mass is 431 g/mol. The van der Waals surface area contributed by atoms with Crippen LogP contribution in [0, 0.1) is 12.7 Å². The van der Waals surface area contributed by atoms with Crippen molar-refractivity contribution in [2.75, 3.05) is 11.9 Å². The second kappa shape index (κ2) is 8.09. The summed E-state index contributed by atoms with van der Waals surface area (Å²) in [6.07, 6.45) is 0. The number of rotatable bonds is 5. The average molecular weight is 432 g/mol. The molecule has 0 unspecified atom stereocenters. The Labute approximate surface area is 162 Å². The largest absolute Gasteiger partial charge is 0.340 e. The molecule has 0 saturated heterocycles. The molecule has 0 saturated carbocycles. The van der Waals surface area contributed by atoms with Crippen molar-refractivity contribution < 1.29 is 14.0 Å². The van der Waals surface area contributed by atoms with E-state index in [9.17, 15) is 14.0 Å². The van der Waals surface area contributed by atoms with Crippen LogP contribution in [0.5, 0.6) is 0 Å². The molecule has 1 aromatic heterocycles. The highest BCUT2D eigenvalue weighted by Gasteiger charge is 2.16. The first-order chi connectivity index (χ1) is 12.9. The molecular formula is C18H15BrFN5O2. The number of amides is 2. The van der Waals surface area contributed by atoms with Crippen LogP contribution < -0.4 is 10.6 Å². The molecule has 3 rings (SSSR count). The predicted molar refractivity (Wildman–Crippen MR) is 101 cm³/mol. The van der Waals surface area contributed by atoms with Crippen LogP contribution in [0.15, 0.2) is 53.0 Å². The lowest BCUT2D eigenvalue weighted by Crippen LogP contribution is -2.33. The van der Waals surface area contributed by atoms with Crippen LogP contribution in [-0.4, -0.2) is 33.1 Å². The van der Waals surface area contributed by atoms with E-state index in [1.54, 1.807) is 25.1 Å². The maximum Gasteiger partial charge on any atom is 0.291 e. The van der Waals surface area contributed by atoms with Crippen molar-refractivity contribution in [1.29, 1.82) is 0 Å². The van der Waals surface area contributed by atoms with Gasteiger partial charge in [-0.3, -0.25) is 9.59 Å². The SMILES string of the molecule is Cc1nc(C(=O)NCC(=O)Nc2ccccc2Br)nn1-c1ccc(F)cc1. The number of halogens is 2. The fourth-order valence-electron chi connectivity index (χ4n) is 2.31. The topological polar surface area (TPSA) is 88.9 Å². The summed E-state index contributed by atoms with van der Waals surface area (Å²) in [4.78, 5) is 28.3. The number of anilines is 1. The molecule has 1 heterocycles. The predicted octanol–water partition coefficient (Wildman–Crippen LogP) is 2.85. The molecule has 0 aliphatic carbocycles. The molecule has 2 aromatic carbocycles. The van der Waals surface area contributed by atoms with Gasteiger partial charge in [0, 0.05) is 4.47 Å². The van der Waals surface area contributed by atoms with E-state index in [0.717, 1.165) is 4.47 Å². The second-order valence-corrected chi connectivity index (χ2v) is 6.44. The Hall–Kier alpha value is -3.07. The summed E-state index contributed by atoms with van der Waals surface area (Å²) in [6, 6.07) is 12.8. The number of hydrogen-bond acceptors (Lipinski definition) is 4. The van der Waals surface area contributed by atoms with E-state index in [4.69, 9.17) is 0 Å². The van der Waals surface area contributed by atoms with Crippen LogP contribution in [-0.2, 0) is 4.79 Å². The quantitative estimate of drug-likeness (QED) is 0.649. The van der Waals surface area contributed by atoms with E-state index >= 15 is 0 Å². The Morgan fingerprint density at radius 3 is 2.56 bits per heavy atom. The molecule has 0 radical (unpaired) electrons. The molecule has 3 aromatic rings. The Balaban J connectivity index is 1.63. The molecule has 0 atom stereocenters. The fraction of sp³-hybridized carbons (Fsp3) is 0.111. The number of aromatic nitrogens is 3. The zero-order valence-corrected chi connectivity index (χ0v) is 15.8. The van der Waals surface area contributed by atoms with Gasteiger partial charge in [0.2, 0.25) is 11.7 Å². The van der Waals surface area contributed by atoms with Crippen molar-refractivity contribution >= 4 is 33.4 Å². The third-order valence-electron chi connectivity index (χ3n) is 3.60. The van der Waals surface area contributed by atoms with Crippen LogP contribution in [0.1, 0.15) is 16.4 Å². The summed E-state index contributed by atoms with van der Waals surface area (Å²) >= 11 is 3.33. The van der Waals surface area contributed by atoms with Crippen molar-refractivity contribution in [3.05, 3.63) is 70.5 Å². The smallest absolute Gasteiger partial charge is 0.291 e. The number of nitrogens with zero attached hydrogens (tertiary/aromatic N) is 3. The third-order valence-corrected chi connectivity index (χ3v) is 4.29. The maximum atomic E-state index is 13.0. The number of nitrogens with one attached hydrogen (secondary N) is 2. The van der Waals surface area contributed by atoms with Crippen LogP contribution in [0.3, 0.4) is 0 Å². The Morgan fingerprint density at radius 2 is 1.85 bits per heavy atom. The number of carbonyl (C=O) groups is 2. The van der Waals surface area contributed by atoms with Gasteiger partial charge in [0.1, 0.15) is 11.6 Å². The number of benzene rings is 2. The molecule has 138 valence electrons. The molecule has 2 N–H and O–H groups in total. The van der Waals surface area contributed by atoms with E-state index < -0.39 is 5.91 Å². The lowest BCUT2D eigenvalue weighted by Gasteiger charge is -2.07. The summed E-state index contributed by atoms with van der Waals surface area (Å²) in [5, 5.41) is 9.28. The maximum absolute atomic E-state index is 13.0. The summed E-state index contributed by atoms with van der Waals surface area (Å²) < 4.78 is 15.2. The Bertz CT molecular complexity index is 988. The second-order valence-electron chi connectivity index (χ2n) is 5.58. The van der Waals surface area contributed by atoms with Crippen molar-refractivity contribution in [3.8, 4) is 5.69 Å². The lowest BCUT2D eigenvalue weighted by molar-refractivity contribution is -0.115. The molecule has 0 bridgehead atoms. The summed E-state index contributed by atoms with van der Waals surface area (Å²) in [5.41, 5.74) is 1.18. The van der Waals surface area contributed by atoms with Gasteiger partial charge >= 0.3 is 0 Å². The van der Waals surface area contributed by atoms with Crippen molar-refractivity contribution in [3.63, 3.8) is 0 Å². The third kappa shape index (κ3) is 4.56. The standard InChI is InChI=1S/C18H15BrFN5O2/c1-11-22-17(24-25(11)13-8-6-12(20)7-9-13)18(27)21-10-16(26)23-15-5-3-2-4-14(15)19/h2-9H,10H2,1H3,(H,21,27)(H,23,26). The van der Waals surface area contributed by atoms with Gasteiger partial charge in [-0.15, -0.1) is 5.10 Å². The van der Waals surface area contributed by atoms with E-state index in [1.165, 1.54) is 28.9 Å². The van der Waals surface area contributed by atoms with Crippen molar-refractivity contribution in [1.82, 2.24) is 20.1 Å². The van der Waals surface area contributed by atoms with E-state index in [1.807, 2.05) is 6.07 Å². The zero-order chi connectivity index (χ0) is 19.4. The molecule has 0 spiro atoms. The Morgan fingerprint density at radius 1 is 1.15 bits per heavy atom. The highest BCUT2D eigenvalue weighted by Crippen LogP contribution is 2.20. The van der Waals surface area contributed by atoms with Crippen molar-refractivity contribution in [2.24, 2.45) is 0 Å². The first-order valence-corrected chi connectivity index (χ1v) is 8.75. The molecule has 2 amide bonds. The Kier molecular flexibility index (Phi) is 5.60. The minimum Gasteiger partial charge on any atom is -0.340 e. The van der Waals surface area contributed by atoms with E-state index in [0.29, 0.717) is 17.2 Å². The molecule has 0 aliphatic heterocycles. The molecule has 0 aliphatic rings. The molecule has 0 fully saturated rings. The van der Waals surface area contributed by atoms with Crippen molar-refractivity contribution in [2.45, 2.75) is 6.92 Å². The van der Waals surface area contributed by atoms with Crippen LogP contribution in [0.25, 0.3) is 5.69 Å². The van der Waals surface area contributed by atoms with Gasteiger partial charge < -0.3 is 10.6 Å². The minimum absolute atomic E-state index is 0.0782. The van der Waals surface area contributed by atoms with Gasteiger partial charge in [-0.25, -0.2) is 14.1 Å². The van der Waals surface area contributed by atoms with Gasteiger partial charge in [-0.1, -0.05) is 12.1 Å². The number of carbonyl (C=O) groups excluding carboxylic acids is 2.